The van der Waals surface area contributed by atoms with Gasteiger partial charge >= 0.3 is 0 Å². The summed E-state index contributed by atoms with van der Waals surface area (Å²) in [5.74, 6) is 0.733. The second kappa shape index (κ2) is 10.7. The van der Waals surface area contributed by atoms with Crippen LogP contribution in [-0.2, 0) is 16.1 Å². The molecule has 5 rings (SSSR count). The highest BCUT2D eigenvalue weighted by Crippen LogP contribution is 2.31. The van der Waals surface area contributed by atoms with Crippen LogP contribution >= 0.6 is 0 Å². The Bertz CT molecular complexity index is 1170. The van der Waals surface area contributed by atoms with Crippen molar-refractivity contribution in [1.29, 1.82) is 0 Å². The van der Waals surface area contributed by atoms with Crippen molar-refractivity contribution in [2.24, 2.45) is 5.92 Å². The Morgan fingerprint density at radius 2 is 2.03 bits per heavy atom. The number of ether oxygens (including phenoxy) is 2. The first-order valence-electron chi connectivity index (χ1n) is 12.5. The Morgan fingerprint density at radius 3 is 2.76 bits per heavy atom. The Hall–Kier alpha value is -3.70. The summed E-state index contributed by atoms with van der Waals surface area (Å²) >= 11 is 0. The molecule has 1 aromatic carbocycles. The summed E-state index contributed by atoms with van der Waals surface area (Å²) in [6, 6.07) is 8.75. The van der Waals surface area contributed by atoms with E-state index in [1.54, 1.807) is 41.4 Å². The van der Waals surface area contributed by atoms with Gasteiger partial charge in [0.05, 0.1) is 25.5 Å². The van der Waals surface area contributed by atoms with E-state index in [0.29, 0.717) is 48.4 Å². The van der Waals surface area contributed by atoms with Gasteiger partial charge in [0.25, 0.3) is 11.8 Å². The minimum Gasteiger partial charge on any atom is -0.479 e. The monoisotopic (exact) mass is 510 g/mol. The first kappa shape index (κ1) is 25.0. The van der Waals surface area contributed by atoms with E-state index < -0.39 is 24.7 Å². The van der Waals surface area contributed by atoms with Gasteiger partial charge in [0, 0.05) is 43.4 Å². The number of aromatic nitrogens is 1. The number of hydrogen-bond acceptors (Lipinski definition) is 8. The molecule has 3 heterocycles. The standard InChI is InChI=1S/C26H30N4O7/c31-14-19(32)10-27-23(33)13-29-12-17-3-4-18(9-21(17)25(29)34)30-8-7-22(26(30)35)37-20-5-6-24(28-11-20)36-15-16-1-2-16/h3-6,9,11,16,19,22,31-32H,1-2,7-8,10,12-15H2,(H,27,33)/t19-,22+/m0/s1. The number of nitrogens with one attached hydrogen (secondary N) is 1. The molecule has 1 aliphatic carbocycles. The Labute approximate surface area is 214 Å². The van der Waals surface area contributed by atoms with Crippen LogP contribution in [0.25, 0.3) is 0 Å². The van der Waals surface area contributed by atoms with Crippen molar-refractivity contribution in [3.05, 3.63) is 47.7 Å². The van der Waals surface area contributed by atoms with Crippen LogP contribution in [0.15, 0.2) is 36.5 Å². The average molecular weight is 511 g/mol. The number of pyridine rings is 1. The van der Waals surface area contributed by atoms with Gasteiger partial charge in [-0.2, -0.15) is 0 Å². The molecule has 1 saturated carbocycles. The van der Waals surface area contributed by atoms with E-state index >= 15 is 0 Å². The topological polar surface area (TPSA) is 142 Å². The lowest BCUT2D eigenvalue weighted by Gasteiger charge is -2.18. The predicted molar refractivity (Wildman–Crippen MR) is 131 cm³/mol. The quantitative estimate of drug-likeness (QED) is 0.396. The van der Waals surface area contributed by atoms with Gasteiger partial charge in [0.15, 0.2) is 6.10 Å². The summed E-state index contributed by atoms with van der Waals surface area (Å²) in [7, 11) is 0. The number of rotatable bonds is 11. The lowest BCUT2D eigenvalue weighted by atomic mass is 10.1. The van der Waals surface area contributed by atoms with Gasteiger partial charge in [-0.25, -0.2) is 4.98 Å². The van der Waals surface area contributed by atoms with Gasteiger partial charge in [-0.1, -0.05) is 6.07 Å². The molecule has 11 heteroatoms. The maximum Gasteiger partial charge on any atom is 0.268 e. The van der Waals surface area contributed by atoms with Crippen LogP contribution in [0, 0.1) is 5.92 Å². The van der Waals surface area contributed by atoms with E-state index in [9.17, 15) is 19.5 Å². The van der Waals surface area contributed by atoms with Gasteiger partial charge in [-0.15, -0.1) is 0 Å². The number of benzene rings is 1. The van der Waals surface area contributed by atoms with E-state index in [0.717, 1.165) is 5.56 Å². The fraction of sp³-hybridized carbons (Fsp3) is 0.462. The van der Waals surface area contributed by atoms with Crippen molar-refractivity contribution in [2.75, 3.05) is 37.7 Å². The zero-order valence-corrected chi connectivity index (χ0v) is 20.3. The second-order valence-corrected chi connectivity index (χ2v) is 9.61. The number of aliphatic hydroxyl groups excluding tert-OH is 2. The van der Waals surface area contributed by atoms with Crippen LogP contribution in [0.1, 0.15) is 35.2 Å². The summed E-state index contributed by atoms with van der Waals surface area (Å²) in [6.07, 6.45) is 2.75. The molecule has 2 atom stereocenters. The molecule has 3 aliphatic rings. The highest BCUT2D eigenvalue weighted by Gasteiger charge is 2.36. The highest BCUT2D eigenvalue weighted by molar-refractivity contribution is 6.03. The molecule has 0 bridgehead atoms. The van der Waals surface area contributed by atoms with Crippen LogP contribution in [0.3, 0.4) is 0 Å². The number of carbonyl (C=O) groups excluding carboxylic acids is 3. The van der Waals surface area contributed by atoms with Crippen molar-refractivity contribution >= 4 is 23.4 Å². The fourth-order valence-electron chi connectivity index (χ4n) is 4.36. The molecule has 196 valence electrons. The normalized spacial score (nSPS) is 19.7. The molecule has 3 N–H and O–H groups in total. The molecule has 0 unspecified atom stereocenters. The largest absolute Gasteiger partial charge is 0.479 e. The molecular formula is C26H30N4O7. The van der Waals surface area contributed by atoms with Crippen LogP contribution in [-0.4, -0.2) is 82.9 Å². The Kier molecular flexibility index (Phi) is 7.24. The van der Waals surface area contributed by atoms with Crippen LogP contribution in [0.2, 0.25) is 0 Å². The lowest BCUT2D eigenvalue weighted by molar-refractivity contribution is -0.123. The van der Waals surface area contributed by atoms with Crippen LogP contribution in [0.5, 0.6) is 11.6 Å². The maximum atomic E-state index is 13.1. The van der Waals surface area contributed by atoms with E-state index in [2.05, 4.69) is 10.3 Å². The molecule has 11 nitrogen and oxygen atoms in total. The summed E-state index contributed by atoms with van der Waals surface area (Å²) in [5, 5.41) is 20.7. The number of fused-ring (bicyclic) bond motifs is 1. The number of carbonyl (C=O) groups is 3. The maximum absolute atomic E-state index is 13.1. The summed E-state index contributed by atoms with van der Waals surface area (Å²) < 4.78 is 11.5. The molecule has 2 aliphatic heterocycles. The first-order chi connectivity index (χ1) is 17.9. The summed E-state index contributed by atoms with van der Waals surface area (Å²) in [6.45, 7) is 0.674. The molecule has 2 aromatic rings. The minimum absolute atomic E-state index is 0.0941. The summed E-state index contributed by atoms with van der Waals surface area (Å²) in [5.41, 5.74) is 1.82. The highest BCUT2D eigenvalue weighted by atomic mass is 16.5. The molecular weight excluding hydrogens is 480 g/mol. The third-order valence-corrected chi connectivity index (χ3v) is 6.67. The van der Waals surface area contributed by atoms with Crippen molar-refractivity contribution in [3.8, 4) is 11.6 Å². The van der Waals surface area contributed by atoms with Crippen LogP contribution in [0.4, 0.5) is 5.69 Å². The number of amides is 3. The van der Waals surface area contributed by atoms with E-state index in [1.165, 1.54) is 17.7 Å². The van der Waals surface area contributed by atoms with Gasteiger partial charge in [-0.3, -0.25) is 14.4 Å². The molecule has 1 saturated heterocycles. The van der Waals surface area contributed by atoms with Gasteiger partial charge in [0.1, 0.15) is 12.3 Å². The van der Waals surface area contributed by atoms with Crippen molar-refractivity contribution in [2.45, 2.75) is 38.0 Å². The third-order valence-electron chi connectivity index (χ3n) is 6.67. The lowest BCUT2D eigenvalue weighted by Crippen LogP contribution is -2.41. The smallest absolute Gasteiger partial charge is 0.268 e. The molecule has 1 aromatic heterocycles. The molecule has 2 fully saturated rings. The molecule has 0 radical (unpaired) electrons. The Balaban J connectivity index is 1.17. The fourth-order valence-corrected chi connectivity index (χ4v) is 4.36. The number of nitrogens with zero attached hydrogens (tertiary/aromatic N) is 3. The minimum atomic E-state index is -1.05. The van der Waals surface area contributed by atoms with Gasteiger partial charge in [0.2, 0.25) is 11.8 Å². The molecule has 0 spiro atoms. The van der Waals surface area contributed by atoms with E-state index in [1.807, 2.05) is 0 Å². The van der Waals surface area contributed by atoms with Crippen molar-refractivity contribution < 1.29 is 34.1 Å². The molecule has 37 heavy (non-hydrogen) atoms. The Morgan fingerprint density at radius 1 is 1.19 bits per heavy atom. The zero-order chi connectivity index (χ0) is 25.9. The van der Waals surface area contributed by atoms with Crippen molar-refractivity contribution in [3.63, 3.8) is 0 Å². The summed E-state index contributed by atoms with van der Waals surface area (Å²) in [4.78, 5) is 45.4. The third kappa shape index (κ3) is 5.83. The second-order valence-electron chi connectivity index (χ2n) is 9.61. The van der Waals surface area contributed by atoms with E-state index in [-0.39, 0.29) is 31.4 Å². The van der Waals surface area contributed by atoms with E-state index in [4.69, 9.17) is 14.6 Å². The number of hydrogen-bond donors (Lipinski definition) is 3. The van der Waals surface area contributed by atoms with Gasteiger partial charge in [-0.05, 0) is 42.5 Å². The number of aliphatic hydroxyl groups is 2. The van der Waals surface area contributed by atoms with Crippen molar-refractivity contribution in [1.82, 2.24) is 15.2 Å². The van der Waals surface area contributed by atoms with Gasteiger partial charge < -0.3 is 34.8 Å². The number of anilines is 1. The predicted octanol–water partition coefficient (Wildman–Crippen LogP) is 0.480. The van der Waals surface area contributed by atoms with Crippen LogP contribution < -0.4 is 19.7 Å². The average Bonchev–Trinajstić information content (AvgIpc) is 3.61. The molecule has 3 amide bonds. The zero-order valence-electron chi connectivity index (χ0n) is 20.3. The SMILES string of the molecule is O=C(CN1Cc2ccc(N3CC[C@@H](Oc4ccc(OCC5CC5)nc4)C3=O)cc2C1=O)NC[C@H](O)CO. The first-order valence-corrected chi connectivity index (χ1v) is 12.5.